The van der Waals surface area contributed by atoms with Gasteiger partial charge in [-0.15, -0.1) is 0 Å². The van der Waals surface area contributed by atoms with Gasteiger partial charge in [0.1, 0.15) is 5.69 Å². The summed E-state index contributed by atoms with van der Waals surface area (Å²) in [5.41, 5.74) is 6.68. The number of esters is 1. The van der Waals surface area contributed by atoms with Crippen molar-refractivity contribution in [1.29, 1.82) is 0 Å². The van der Waals surface area contributed by atoms with Crippen LogP contribution in [0, 0.1) is 0 Å². The van der Waals surface area contributed by atoms with E-state index in [1.165, 1.54) is 0 Å². The van der Waals surface area contributed by atoms with E-state index < -0.39 is 11.4 Å². The van der Waals surface area contributed by atoms with Crippen molar-refractivity contribution < 1.29 is 18.7 Å². The molecular weight excluding hydrogens is 322 g/mol. The molecule has 2 heterocycles. The van der Waals surface area contributed by atoms with Gasteiger partial charge in [-0.1, -0.05) is 24.3 Å². The number of nitrogens with two attached hydrogens (primary N) is 1. The topological polar surface area (TPSA) is 107 Å². The van der Waals surface area contributed by atoms with Crippen molar-refractivity contribution in [3.05, 3.63) is 46.8 Å². The minimum absolute atomic E-state index is 0.0483. The Morgan fingerprint density at radius 2 is 2.08 bits per heavy atom. The Morgan fingerprint density at radius 1 is 1.36 bits per heavy atom. The fraction of sp³-hybridized carbons (Fsp3) is 0.278. The molecule has 1 spiro atoms. The lowest BCUT2D eigenvalue weighted by molar-refractivity contribution is -0.144. The Morgan fingerprint density at radius 3 is 2.80 bits per heavy atom. The lowest BCUT2D eigenvalue weighted by Gasteiger charge is -2.25. The van der Waals surface area contributed by atoms with Crippen molar-refractivity contribution in [2.75, 3.05) is 5.73 Å². The minimum atomic E-state index is -1.40. The van der Waals surface area contributed by atoms with Crippen molar-refractivity contribution in [2.24, 2.45) is 0 Å². The van der Waals surface area contributed by atoms with E-state index in [1.807, 2.05) is 18.2 Å². The van der Waals surface area contributed by atoms with Crippen LogP contribution in [-0.4, -0.2) is 23.0 Å². The molecule has 0 unspecified atom stereocenters. The molecule has 4 rings (SSSR count). The molecule has 2 aromatic rings. The summed E-state index contributed by atoms with van der Waals surface area (Å²) in [5, 5.41) is 2.76. The van der Waals surface area contributed by atoms with Gasteiger partial charge in [0.2, 0.25) is 5.91 Å². The number of nitrogens with zero attached hydrogens (tertiary/aromatic N) is 1. The normalized spacial score (nSPS) is 20.9. The van der Waals surface area contributed by atoms with Gasteiger partial charge in [-0.2, -0.15) is 4.98 Å². The summed E-state index contributed by atoms with van der Waals surface area (Å²) in [6.45, 7) is 5.19. The fourth-order valence-corrected chi connectivity index (χ4v) is 3.69. The molecule has 0 fully saturated rings. The Hall–Kier alpha value is -3.09. The highest BCUT2D eigenvalue weighted by atomic mass is 16.5. The second-order valence-electron chi connectivity index (χ2n) is 6.43. The smallest absolute Gasteiger partial charge is 0.337 e. The predicted molar refractivity (Wildman–Crippen MR) is 89.2 cm³/mol. The van der Waals surface area contributed by atoms with Crippen molar-refractivity contribution in [3.63, 3.8) is 0 Å². The van der Waals surface area contributed by atoms with Crippen LogP contribution in [0.15, 0.2) is 40.0 Å². The number of hydrogen-bond acceptors (Lipinski definition) is 6. The molecule has 0 saturated heterocycles. The molecule has 7 nitrogen and oxygen atoms in total. The van der Waals surface area contributed by atoms with Gasteiger partial charge in [-0.3, -0.25) is 4.79 Å². The molecule has 3 N–H and O–H groups in total. The van der Waals surface area contributed by atoms with E-state index in [1.54, 1.807) is 26.8 Å². The first-order valence-electron chi connectivity index (χ1n) is 7.97. The third kappa shape index (κ3) is 1.83. The predicted octanol–water partition coefficient (Wildman–Crippen LogP) is 1.88. The number of amides is 1. The van der Waals surface area contributed by atoms with Gasteiger partial charge in [-0.05, 0) is 26.3 Å². The highest BCUT2D eigenvalue weighted by molar-refractivity contribution is 6.14. The average Bonchev–Trinajstić information content (AvgIpc) is 3.11. The third-order valence-electron chi connectivity index (χ3n) is 4.51. The molecule has 2 aliphatic rings. The molecular formula is C18H17N3O4. The van der Waals surface area contributed by atoms with Crippen LogP contribution in [0.2, 0.25) is 0 Å². The number of rotatable bonds is 2. The Bertz CT molecular complexity index is 957. The molecule has 1 aromatic carbocycles. The van der Waals surface area contributed by atoms with Crippen LogP contribution in [0.5, 0.6) is 0 Å². The average molecular weight is 339 g/mol. The summed E-state index contributed by atoms with van der Waals surface area (Å²) >= 11 is 0. The van der Waals surface area contributed by atoms with Gasteiger partial charge < -0.3 is 20.2 Å². The lowest BCUT2D eigenvalue weighted by Crippen LogP contribution is -2.41. The van der Waals surface area contributed by atoms with Crippen LogP contribution in [0.4, 0.5) is 6.01 Å². The van der Waals surface area contributed by atoms with Crippen molar-refractivity contribution in [3.8, 4) is 11.3 Å². The zero-order valence-corrected chi connectivity index (χ0v) is 14.0. The lowest BCUT2D eigenvalue weighted by atomic mass is 9.75. The monoisotopic (exact) mass is 339 g/mol. The Kier molecular flexibility index (Phi) is 3.06. The van der Waals surface area contributed by atoms with Gasteiger partial charge in [0, 0.05) is 11.3 Å². The maximum absolute atomic E-state index is 13.1. The molecule has 7 heteroatoms. The summed E-state index contributed by atoms with van der Waals surface area (Å²) in [4.78, 5) is 30.1. The molecule has 0 radical (unpaired) electrons. The van der Waals surface area contributed by atoms with Gasteiger partial charge in [0.15, 0.2) is 11.2 Å². The number of allylic oxidation sites excluding steroid dienone is 1. The number of oxazole rings is 1. The molecule has 1 atom stereocenters. The first kappa shape index (κ1) is 15.4. The number of nitrogen functional groups attached to an aromatic ring is 1. The van der Waals surface area contributed by atoms with E-state index in [4.69, 9.17) is 14.9 Å². The Balaban J connectivity index is 2.04. The SMILES string of the molecule is CC1=C(C(=O)OC(C)C)[C@]2(C(=O)N1)c1ccccc1-c1oc(N)nc12. The van der Waals surface area contributed by atoms with E-state index in [9.17, 15) is 9.59 Å². The number of ether oxygens (including phenoxy) is 1. The maximum atomic E-state index is 13.1. The Labute approximate surface area is 143 Å². The molecule has 1 aliphatic heterocycles. The molecule has 0 bridgehead atoms. The number of carbonyl (C=O) groups is 2. The van der Waals surface area contributed by atoms with Crippen LogP contribution >= 0.6 is 0 Å². The number of aromatic nitrogens is 1. The molecule has 1 aromatic heterocycles. The first-order valence-corrected chi connectivity index (χ1v) is 7.97. The summed E-state index contributed by atoms with van der Waals surface area (Å²) < 4.78 is 10.9. The maximum Gasteiger partial charge on any atom is 0.337 e. The molecule has 1 aliphatic carbocycles. The van der Waals surface area contributed by atoms with Crippen LogP contribution in [-0.2, 0) is 19.7 Å². The number of carbonyl (C=O) groups excluding carboxylic acids is 2. The minimum Gasteiger partial charge on any atom is -0.460 e. The zero-order chi connectivity index (χ0) is 17.9. The van der Waals surface area contributed by atoms with E-state index in [-0.39, 0.29) is 23.6 Å². The van der Waals surface area contributed by atoms with Gasteiger partial charge in [0.25, 0.3) is 6.01 Å². The first-order chi connectivity index (χ1) is 11.9. The van der Waals surface area contributed by atoms with Gasteiger partial charge in [-0.25, -0.2) is 4.79 Å². The molecule has 1 amide bonds. The number of anilines is 1. The summed E-state index contributed by atoms with van der Waals surface area (Å²) in [5.74, 6) is -0.511. The zero-order valence-electron chi connectivity index (χ0n) is 14.0. The third-order valence-corrected chi connectivity index (χ3v) is 4.51. The van der Waals surface area contributed by atoms with Crippen molar-refractivity contribution in [1.82, 2.24) is 10.3 Å². The standard InChI is InChI=1S/C18H17N3O4/c1-8(2)24-15(22)12-9(3)20-16(23)18(12)11-7-5-4-6-10(11)13-14(18)21-17(19)25-13/h4-8H,1-3H3,(H2,19,21)(H,20,23)/t18-/m1/s1. The quantitative estimate of drug-likeness (QED) is 0.809. The van der Waals surface area contributed by atoms with Crippen LogP contribution in [0.3, 0.4) is 0 Å². The second kappa shape index (κ2) is 4.95. The van der Waals surface area contributed by atoms with E-state index in [0.29, 0.717) is 28.3 Å². The number of hydrogen-bond donors (Lipinski definition) is 2. The van der Waals surface area contributed by atoms with Crippen molar-refractivity contribution in [2.45, 2.75) is 32.3 Å². The van der Waals surface area contributed by atoms with Crippen molar-refractivity contribution >= 4 is 17.9 Å². The van der Waals surface area contributed by atoms with E-state index in [0.717, 1.165) is 0 Å². The van der Waals surface area contributed by atoms with Gasteiger partial charge >= 0.3 is 5.97 Å². The molecule has 25 heavy (non-hydrogen) atoms. The molecule has 128 valence electrons. The van der Waals surface area contributed by atoms with Crippen LogP contribution < -0.4 is 11.1 Å². The molecule has 0 saturated carbocycles. The highest BCUT2D eigenvalue weighted by Crippen LogP contribution is 2.55. The second-order valence-corrected chi connectivity index (χ2v) is 6.43. The van der Waals surface area contributed by atoms with Gasteiger partial charge in [0.05, 0.1) is 11.7 Å². The number of nitrogens with one attached hydrogen (secondary N) is 1. The van der Waals surface area contributed by atoms with Crippen LogP contribution in [0.25, 0.3) is 11.3 Å². The number of fused-ring (bicyclic) bond motifs is 5. The number of benzene rings is 1. The summed E-state index contributed by atoms with van der Waals surface area (Å²) in [6, 6.07) is 7.20. The summed E-state index contributed by atoms with van der Waals surface area (Å²) in [6.07, 6.45) is -0.320. The fourth-order valence-electron chi connectivity index (χ4n) is 3.69. The summed E-state index contributed by atoms with van der Waals surface area (Å²) in [7, 11) is 0. The van der Waals surface area contributed by atoms with E-state index in [2.05, 4.69) is 10.3 Å². The van der Waals surface area contributed by atoms with E-state index >= 15 is 0 Å². The largest absolute Gasteiger partial charge is 0.460 e. The highest BCUT2D eigenvalue weighted by Gasteiger charge is 2.61. The van der Waals surface area contributed by atoms with Crippen LogP contribution in [0.1, 0.15) is 32.0 Å².